The molecule has 0 radical (unpaired) electrons. The summed E-state index contributed by atoms with van der Waals surface area (Å²) in [5.74, 6) is 0.370. The number of hydrogen-bond acceptors (Lipinski definition) is 6. The van der Waals surface area contributed by atoms with Gasteiger partial charge in [-0.15, -0.1) is 16.4 Å². The molecule has 0 aliphatic rings. The molecule has 0 saturated heterocycles. The molecular weight excluding hydrogens is 402 g/mol. The summed E-state index contributed by atoms with van der Waals surface area (Å²) in [4.78, 5) is 14.2. The quantitative estimate of drug-likeness (QED) is 0.324. The van der Waals surface area contributed by atoms with Gasteiger partial charge in [-0.25, -0.2) is 0 Å². The van der Waals surface area contributed by atoms with Gasteiger partial charge in [0.15, 0.2) is 5.78 Å². The average Bonchev–Trinajstić information content (AvgIpc) is 3.44. The molecule has 29 heavy (non-hydrogen) atoms. The number of benzene rings is 1. The maximum atomic E-state index is 12.9. The first-order chi connectivity index (χ1) is 14.0. The van der Waals surface area contributed by atoms with Crippen LogP contribution in [0.3, 0.4) is 0 Å². The van der Waals surface area contributed by atoms with Crippen molar-refractivity contribution in [3.63, 3.8) is 0 Å². The SMILES string of the molecule is Cc1cccc(-n2nnnc2SCC(=O)c2cc(C)n(Cc3cccs3)c2C)c1. The second-order valence-corrected chi connectivity index (χ2v) is 8.85. The van der Waals surface area contributed by atoms with Crippen LogP contribution >= 0.6 is 23.1 Å². The van der Waals surface area contributed by atoms with Gasteiger partial charge in [-0.05, 0) is 66.4 Å². The highest BCUT2D eigenvalue weighted by molar-refractivity contribution is 7.99. The lowest BCUT2D eigenvalue weighted by Gasteiger charge is -2.08. The van der Waals surface area contributed by atoms with Gasteiger partial charge in [-0.1, -0.05) is 30.0 Å². The summed E-state index contributed by atoms with van der Waals surface area (Å²) >= 11 is 3.08. The standard InChI is InChI=1S/C21H21N5OS2/c1-14-6-4-7-17(10-14)26-21(22-23-24-26)29-13-20(27)19-11-15(2)25(16(19)3)12-18-8-5-9-28-18/h4-11H,12-13H2,1-3H3. The van der Waals surface area contributed by atoms with E-state index in [1.807, 2.05) is 51.1 Å². The summed E-state index contributed by atoms with van der Waals surface area (Å²) in [5.41, 5.74) is 4.87. The van der Waals surface area contributed by atoms with Crippen LogP contribution in [0.4, 0.5) is 0 Å². The number of carbonyl (C=O) groups excluding carboxylic acids is 1. The van der Waals surface area contributed by atoms with E-state index in [9.17, 15) is 4.79 Å². The number of thiophene rings is 1. The molecule has 0 aliphatic heterocycles. The lowest BCUT2D eigenvalue weighted by Crippen LogP contribution is -2.08. The van der Waals surface area contributed by atoms with Crippen LogP contribution in [0, 0.1) is 20.8 Å². The highest BCUT2D eigenvalue weighted by Gasteiger charge is 2.18. The highest BCUT2D eigenvalue weighted by Crippen LogP contribution is 2.23. The monoisotopic (exact) mass is 423 g/mol. The van der Waals surface area contributed by atoms with Crippen molar-refractivity contribution in [3.8, 4) is 5.69 Å². The van der Waals surface area contributed by atoms with Crippen LogP contribution in [0.2, 0.25) is 0 Å². The van der Waals surface area contributed by atoms with Crippen LogP contribution in [0.15, 0.2) is 53.0 Å². The molecular formula is C21H21N5OS2. The molecule has 3 aromatic heterocycles. The molecule has 0 N–H and O–H groups in total. The maximum absolute atomic E-state index is 12.9. The van der Waals surface area contributed by atoms with E-state index in [2.05, 4.69) is 37.6 Å². The predicted octanol–water partition coefficient (Wildman–Crippen LogP) is 4.47. The largest absolute Gasteiger partial charge is 0.343 e. The van der Waals surface area contributed by atoms with Gasteiger partial charge in [-0.2, -0.15) is 4.68 Å². The van der Waals surface area contributed by atoms with E-state index in [4.69, 9.17) is 0 Å². The number of rotatable bonds is 7. The smallest absolute Gasteiger partial charge is 0.214 e. The normalized spacial score (nSPS) is 11.1. The lowest BCUT2D eigenvalue weighted by atomic mass is 10.2. The Kier molecular flexibility index (Phi) is 5.64. The molecule has 0 atom stereocenters. The van der Waals surface area contributed by atoms with Gasteiger partial charge in [0.1, 0.15) is 0 Å². The molecule has 0 bridgehead atoms. The predicted molar refractivity (Wildman–Crippen MR) is 116 cm³/mol. The second-order valence-electron chi connectivity index (χ2n) is 6.87. The van der Waals surface area contributed by atoms with Crippen molar-refractivity contribution in [1.29, 1.82) is 0 Å². The van der Waals surface area contributed by atoms with E-state index < -0.39 is 0 Å². The average molecular weight is 424 g/mol. The third-order valence-corrected chi connectivity index (χ3v) is 6.57. The second kappa shape index (κ2) is 8.34. The van der Waals surface area contributed by atoms with Crippen molar-refractivity contribution in [2.75, 3.05) is 5.75 Å². The number of aromatic nitrogens is 5. The molecule has 0 amide bonds. The zero-order valence-corrected chi connectivity index (χ0v) is 18.1. The van der Waals surface area contributed by atoms with Gasteiger partial charge < -0.3 is 4.57 Å². The Morgan fingerprint density at radius 2 is 2.00 bits per heavy atom. The summed E-state index contributed by atoms with van der Waals surface area (Å²) < 4.78 is 3.87. The molecule has 4 rings (SSSR count). The number of ketones is 1. The molecule has 0 aliphatic carbocycles. The minimum atomic E-state index is 0.0827. The summed E-state index contributed by atoms with van der Waals surface area (Å²) in [6.07, 6.45) is 0. The fourth-order valence-corrected chi connectivity index (χ4v) is 4.75. The number of aryl methyl sites for hydroxylation is 2. The van der Waals surface area contributed by atoms with Gasteiger partial charge in [-0.3, -0.25) is 4.79 Å². The molecule has 1 aromatic carbocycles. The first kappa shape index (κ1) is 19.6. The third-order valence-electron chi connectivity index (χ3n) is 4.79. The van der Waals surface area contributed by atoms with Crippen LogP contribution in [0.25, 0.3) is 5.69 Å². The molecule has 0 saturated carbocycles. The summed E-state index contributed by atoms with van der Waals surface area (Å²) in [7, 11) is 0. The highest BCUT2D eigenvalue weighted by atomic mass is 32.2. The zero-order chi connectivity index (χ0) is 20.4. The molecule has 0 spiro atoms. The molecule has 3 heterocycles. The Bertz CT molecular complexity index is 1140. The van der Waals surface area contributed by atoms with E-state index in [1.54, 1.807) is 16.0 Å². The minimum Gasteiger partial charge on any atom is -0.343 e. The molecule has 148 valence electrons. The first-order valence-corrected chi connectivity index (χ1v) is 11.1. The lowest BCUT2D eigenvalue weighted by molar-refractivity contribution is 0.102. The van der Waals surface area contributed by atoms with Crippen LogP contribution in [0.5, 0.6) is 0 Å². The number of carbonyl (C=O) groups is 1. The molecule has 0 unspecified atom stereocenters. The number of hydrogen-bond donors (Lipinski definition) is 0. The van der Waals surface area contributed by atoms with Crippen molar-refractivity contribution in [2.24, 2.45) is 0 Å². The van der Waals surface area contributed by atoms with Gasteiger partial charge in [0.2, 0.25) is 5.16 Å². The minimum absolute atomic E-state index is 0.0827. The Labute approximate surface area is 177 Å². The van der Waals surface area contributed by atoms with E-state index in [0.29, 0.717) is 5.16 Å². The van der Waals surface area contributed by atoms with Crippen molar-refractivity contribution in [3.05, 3.63) is 75.2 Å². The molecule has 8 heteroatoms. The van der Waals surface area contributed by atoms with E-state index in [0.717, 1.165) is 34.7 Å². The fraction of sp³-hybridized carbons (Fsp3) is 0.238. The Morgan fingerprint density at radius 1 is 1.14 bits per heavy atom. The van der Waals surface area contributed by atoms with Crippen LogP contribution in [-0.4, -0.2) is 36.3 Å². The van der Waals surface area contributed by atoms with Gasteiger partial charge in [0.05, 0.1) is 18.0 Å². The van der Waals surface area contributed by atoms with Gasteiger partial charge in [0, 0.05) is 21.8 Å². The van der Waals surface area contributed by atoms with E-state index in [1.165, 1.54) is 16.6 Å². The topological polar surface area (TPSA) is 65.6 Å². The third kappa shape index (κ3) is 4.18. The van der Waals surface area contributed by atoms with Crippen molar-refractivity contribution < 1.29 is 4.79 Å². The number of tetrazole rings is 1. The van der Waals surface area contributed by atoms with Gasteiger partial charge >= 0.3 is 0 Å². The molecule has 0 fully saturated rings. The summed E-state index contributed by atoms with van der Waals surface area (Å²) in [5, 5.41) is 14.6. The van der Waals surface area contributed by atoms with Crippen LogP contribution < -0.4 is 0 Å². The Morgan fingerprint density at radius 3 is 2.76 bits per heavy atom. The Hall–Kier alpha value is -2.71. The van der Waals surface area contributed by atoms with Crippen LogP contribution in [0.1, 0.15) is 32.2 Å². The van der Waals surface area contributed by atoms with Crippen molar-refractivity contribution in [2.45, 2.75) is 32.5 Å². The Balaban J connectivity index is 1.50. The first-order valence-electron chi connectivity index (χ1n) is 9.23. The van der Waals surface area contributed by atoms with E-state index >= 15 is 0 Å². The zero-order valence-electron chi connectivity index (χ0n) is 16.5. The number of nitrogens with zero attached hydrogens (tertiary/aromatic N) is 5. The van der Waals surface area contributed by atoms with Gasteiger partial charge in [0.25, 0.3) is 0 Å². The number of thioether (sulfide) groups is 1. The van der Waals surface area contributed by atoms with Crippen molar-refractivity contribution >= 4 is 28.9 Å². The van der Waals surface area contributed by atoms with E-state index in [-0.39, 0.29) is 11.5 Å². The fourth-order valence-electron chi connectivity index (χ4n) is 3.28. The van der Waals surface area contributed by atoms with Crippen molar-refractivity contribution in [1.82, 2.24) is 24.8 Å². The summed E-state index contributed by atoms with van der Waals surface area (Å²) in [6.45, 7) is 6.87. The molecule has 4 aromatic rings. The summed E-state index contributed by atoms with van der Waals surface area (Å²) in [6, 6.07) is 14.1. The number of Topliss-reactive ketones (excluding diaryl/α,β-unsaturated/α-hetero) is 1. The maximum Gasteiger partial charge on any atom is 0.214 e. The molecule has 6 nitrogen and oxygen atoms in total. The van der Waals surface area contributed by atoms with Crippen LogP contribution in [-0.2, 0) is 6.54 Å².